The topological polar surface area (TPSA) is 83.2 Å². The van der Waals surface area contributed by atoms with Gasteiger partial charge >= 0.3 is 0 Å². The zero-order valence-electron chi connectivity index (χ0n) is 16.2. The third-order valence-corrected chi connectivity index (χ3v) is 5.45. The van der Waals surface area contributed by atoms with E-state index in [2.05, 4.69) is 54.5 Å². The Balaban J connectivity index is 1.73. The molecule has 1 aliphatic heterocycles. The van der Waals surface area contributed by atoms with Crippen LogP contribution in [0.1, 0.15) is 6.92 Å². The van der Waals surface area contributed by atoms with E-state index >= 15 is 0 Å². The Bertz CT molecular complexity index is 1110. The number of hydrogen-bond acceptors (Lipinski definition) is 6. The summed E-state index contributed by atoms with van der Waals surface area (Å²) in [4.78, 5) is 14.4. The number of H-pyrrole nitrogens is 1. The fourth-order valence-electron chi connectivity index (χ4n) is 3.99. The van der Waals surface area contributed by atoms with Crippen molar-refractivity contribution in [2.75, 3.05) is 31.6 Å². The maximum atomic E-state index is 4.94. The maximum Gasteiger partial charge on any atom is 0.168 e. The Labute approximate surface area is 162 Å². The van der Waals surface area contributed by atoms with Crippen molar-refractivity contribution in [3.05, 3.63) is 36.9 Å². The van der Waals surface area contributed by atoms with Gasteiger partial charge in [-0.1, -0.05) is 0 Å². The molecule has 1 saturated heterocycles. The number of likely N-dealkylation sites (N-methyl/N-ethyl adjacent to an activating group) is 1. The first-order valence-corrected chi connectivity index (χ1v) is 9.43. The van der Waals surface area contributed by atoms with E-state index in [4.69, 9.17) is 4.98 Å². The number of nitrogens with one attached hydrogen (secondary N) is 1. The summed E-state index contributed by atoms with van der Waals surface area (Å²) >= 11 is 0. The lowest BCUT2D eigenvalue weighted by molar-refractivity contribution is 0.274. The second-order valence-corrected chi connectivity index (χ2v) is 7.40. The van der Waals surface area contributed by atoms with Crippen LogP contribution in [0.25, 0.3) is 28.4 Å². The highest BCUT2D eigenvalue weighted by atomic mass is 15.3. The molecule has 28 heavy (non-hydrogen) atoms. The minimum Gasteiger partial charge on any atom is -0.352 e. The van der Waals surface area contributed by atoms with E-state index in [1.54, 1.807) is 12.4 Å². The standard InChI is InChI=1S/C19H23N9/c1-13-11-25(2)8-9-27(13)17-10-15(16-5-7-22-26(16)3)23-19-18(20-12-28(17)19)14-4-6-21-24-14/h4-7,10,12-13H,8-9,11H2,1-3H3,(H,21,24)/t13-/m1/s1. The molecule has 0 aromatic carbocycles. The average molecular weight is 377 g/mol. The predicted octanol–water partition coefficient (Wildman–Crippen LogP) is 1.66. The van der Waals surface area contributed by atoms with Crippen LogP contribution < -0.4 is 4.90 Å². The fourth-order valence-corrected chi connectivity index (χ4v) is 3.99. The monoisotopic (exact) mass is 377 g/mol. The number of anilines is 1. The summed E-state index contributed by atoms with van der Waals surface area (Å²) < 4.78 is 3.93. The summed E-state index contributed by atoms with van der Waals surface area (Å²) in [6.07, 6.45) is 5.38. The summed E-state index contributed by atoms with van der Waals surface area (Å²) in [5.41, 5.74) is 4.32. The Hall–Kier alpha value is -3.20. The molecule has 144 valence electrons. The third kappa shape index (κ3) is 2.66. The molecule has 4 aromatic heterocycles. The number of fused-ring (bicyclic) bond motifs is 1. The van der Waals surface area contributed by atoms with Crippen molar-refractivity contribution in [3.8, 4) is 22.8 Å². The lowest BCUT2D eigenvalue weighted by Crippen LogP contribution is -2.51. The van der Waals surface area contributed by atoms with Gasteiger partial charge in [0.2, 0.25) is 0 Å². The fraction of sp³-hybridized carbons (Fsp3) is 0.368. The van der Waals surface area contributed by atoms with Crippen LogP contribution in [-0.4, -0.2) is 72.0 Å². The summed E-state index contributed by atoms with van der Waals surface area (Å²) in [6, 6.07) is 6.44. The van der Waals surface area contributed by atoms with Crippen molar-refractivity contribution in [1.82, 2.24) is 39.2 Å². The SMILES string of the molecule is C[C@@H]1CN(C)CCN1c1cc(-c2ccnn2C)nc2c(-c3ccn[nH]3)ncn12. The van der Waals surface area contributed by atoms with Gasteiger partial charge in [-0.2, -0.15) is 10.2 Å². The van der Waals surface area contributed by atoms with Crippen molar-refractivity contribution in [3.63, 3.8) is 0 Å². The molecule has 4 aromatic rings. The lowest BCUT2D eigenvalue weighted by Gasteiger charge is -2.39. The van der Waals surface area contributed by atoms with Crippen LogP contribution >= 0.6 is 0 Å². The van der Waals surface area contributed by atoms with Crippen LogP contribution in [0.3, 0.4) is 0 Å². The average Bonchev–Trinajstić information content (AvgIpc) is 3.41. The third-order valence-electron chi connectivity index (χ3n) is 5.45. The first-order chi connectivity index (χ1) is 13.6. The van der Waals surface area contributed by atoms with E-state index in [9.17, 15) is 0 Å². The van der Waals surface area contributed by atoms with Gasteiger partial charge in [-0.3, -0.25) is 14.2 Å². The minimum absolute atomic E-state index is 0.391. The Morgan fingerprint density at radius 2 is 2.04 bits per heavy atom. The summed E-state index contributed by atoms with van der Waals surface area (Å²) in [6.45, 7) is 5.27. The molecule has 0 aliphatic carbocycles. The number of nitrogens with zero attached hydrogens (tertiary/aromatic N) is 8. The van der Waals surface area contributed by atoms with Gasteiger partial charge in [-0.25, -0.2) is 9.97 Å². The molecule has 1 atom stereocenters. The quantitative estimate of drug-likeness (QED) is 0.585. The van der Waals surface area contributed by atoms with Crippen LogP contribution in [0.15, 0.2) is 36.9 Å². The molecule has 0 radical (unpaired) electrons. The molecule has 9 nitrogen and oxygen atoms in total. The Morgan fingerprint density at radius 3 is 2.75 bits per heavy atom. The van der Waals surface area contributed by atoms with E-state index in [0.29, 0.717) is 6.04 Å². The number of rotatable bonds is 3. The van der Waals surface area contributed by atoms with Crippen LogP contribution in [0, 0.1) is 0 Å². The summed E-state index contributed by atoms with van der Waals surface area (Å²) in [7, 11) is 4.11. The van der Waals surface area contributed by atoms with Crippen molar-refractivity contribution in [1.29, 1.82) is 0 Å². The number of aromatic nitrogens is 7. The predicted molar refractivity (Wildman–Crippen MR) is 107 cm³/mol. The molecule has 0 saturated carbocycles. The second kappa shape index (κ2) is 6.45. The molecule has 0 bridgehead atoms. The van der Waals surface area contributed by atoms with Crippen LogP contribution in [-0.2, 0) is 7.05 Å². The van der Waals surface area contributed by atoms with E-state index in [1.165, 1.54) is 0 Å². The molecule has 5 rings (SSSR count). The summed E-state index contributed by atoms with van der Waals surface area (Å²) in [5, 5.41) is 11.4. The van der Waals surface area contributed by atoms with E-state index in [-0.39, 0.29) is 0 Å². The number of aryl methyl sites for hydroxylation is 1. The van der Waals surface area contributed by atoms with E-state index < -0.39 is 0 Å². The van der Waals surface area contributed by atoms with Gasteiger partial charge in [0.15, 0.2) is 5.65 Å². The van der Waals surface area contributed by atoms with Gasteiger partial charge in [0, 0.05) is 51.2 Å². The van der Waals surface area contributed by atoms with Crippen molar-refractivity contribution < 1.29 is 0 Å². The van der Waals surface area contributed by atoms with Crippen LogP contribution in [0.2, 0.25) is 0 Å². The molecular weight excluding hydrogens is 354 g/mol. The molecule has 5 heterocycles. The van der Waals surface area contributed by atoms with Crippen LogP contribution in [0.4, 0.5) is 5.82 Å². The van der Waals surface area contributed by atoms with Gasteiger partial charge in [0.1, 0.15) is 17.8 Å². The molecule has 0 spiro atoms. The van der Waals surface area contributed by atoms with Crippen LogP contribution in [0.5, 0.6) is 0 Å². The van der Waals surface area contributed by atoms with Crippen molar-refractivity contribution >= 4 is 11.5 Å². The molecule has 0 amide bonds. The first kappa shape index (κ1) is 16.9. The smallest absolute Gasteiger partial charge is 0.168 e. The Kier molecular flexibility index (Phi) is 3.90. The lowest BCUT2D eigenvalue weighted by atomic mass is 10.2. The molecular formula is C19H23N9. The molecule has 0 unspecified atom stereocenters. The van der Waals surface area contributed by atoms with Gasteiger partial charge in [0.25, 0.3) is 0 Å². The van der Waals surface area contributed by atoms with Gasteiger partial charge in [0.05, 0.1) is 17.1 Å². The molecule has 1 N–H and O–H groups in total. The maximum absolute atomic E-state index is 4.94. The zero-order chi connectivity index (χ0) is 19.3. The zero-order valence-corrected chi connectivity index (χ0v) is 16.2. The molecule has 1 fully saturated rings. The number of aromatic amines is 1. The van der Waals surface area contributed by atoms with E-state index in [0.717, 1.165) is 53.9 Å². The minimum atomic E-state index is 0.391. The second-order valence-electron chi connectivity index (χ2n) is 7.40. The normalized spacial score (nSPS) is 18.2. The first-order valence-electron chi connectivity index (χ1n) is 9.43. The van der Waals surface area contributed by atoms with Gasteiger partial charge < -0.3 is 9.80 Å². The molecule has 9 heteroatoms. The van der Waals surface area contributed by atoms with E-state index in [1.807, 2.05) is 30.2 Å². The number of piperazine rings is 1. The summed E-state index contributed by atoms with van der Waals surface area (Å²) in [5.74, 6) is 1.10. The number of imidazole rings is 1. The molecule has 1 aliphatic rings. The van der Waals surface area contributed by atoms with Gasteiger partial charge in [-0.15, -0.1) is 0 Å². The van der Waals surface area contributed by atoms with Crippen molar-refractivity contribution in [2.45, 2.75) is 13.0 Å². The van der Waals surface area contributed by atoms with Gasteiger partial charge in [-0.05, 0) is 26.1 Å². The Morgan fingerprint density at radius 1 is 1.14 bits per heavy atom. The number of hydrogen-bond donors (Lipinski definition) is 1. The highest BCUT2D eigenvalue weighted by molar-refractivity contribution is 5.76. The van der Waals surface area contributed by atoms with Crippen molar-refractivity contribution in [2.24, 2.45) is 7.05 Å². The highest BCUT2D eigenvalue weighted by Gasteiger charge is 2.26. The largest absolute Gasteiger partial charge is 0.352 e. The highest BCUT2D eigenvalue weighted by Crippen LogP contribution is 2.30.